The molecule has 0 saturated heterocycles. The van der Waals surface area contributed by atoms with Crippen LogP contribution in [0.1, 0.15) is 11.1 Å². The summed E-state index contributed by atoms with van der Waals surface area (Å²) in [6.07, 6.45) is 3.49. The molecule has 7 heteroatoms. The van der Waals surface area contributed by atoms with Crippen molar-refractivity contribution in [1.29, 1.82) is 5.26 Å². The van der Waals surface area contributed by atoms with Crippen molar-refractivity contribution in [3.63, 3.8) is 0 Å². The van der Waals surface area contributed by atoms with Crippen molar-refractivity contribution in [3.8, 4) is 6.07 Å². The molecule has 7 nitrogen and oxygen atoms in total. The Morgan fingerprint density at radius 1 is 1.58 bits per heavy atom. The quantitative estimate of drug-likeness (QED) is 0.665. The molecule has 0 amide bonds. The lowest BCUT2D eigenvalue weighted by atomic mass is 10.1. The monoisotopic (exact) mass is 257 g/mol. The van der Waals surface area contributed by atoms with Gasteiger partial charge in [0.2, 0.25) is 0 Å². The van der Waals surface area contributed by atoms with Crippen LogP contribution < -0.4 is 5.32 Å². The fourth-order valence-corrected chi connectivity index (χ4v) is 1.73. The highest BCUT2D eigenvalue weighted by atomic mass is 16.6. The molecule has 0 aliphatic carbocycles. The van der Waals surface area contributed by atoms with Crippen LogP contribution in [-0.2, 0) is 13.6 Å². The van der Waals surface area contributed by atoms with Crippen LogP contribution in [0.5, 0.6) is 0 Å². The molecule has 1 N–H and O–H groups in total. The van der Waals surface area contributed by atoms with Gasteiger partial charge in [0, 0.05) is 25.4 Å². The predicted molar refractivity (Wildman–Crippen MR) is 68.3 cm³/mol. The summed E-state index contributed by atoms with van der Waals surface area (Å²) in [5, 5.41) is 26.9. The molecule has 19 heavy (non-hydrogen) atoms. The van der Waals surface area contributed by atoms with Gasteiger partial charge in [-0.2, -0.15) is 10.4 Å². The standard InChI is InChI=1S/C12H11N5O2/c1-16-8-9(7-15-16)6-14-11-4-2-3-10(5-13)12(11)17(18)19/h2-4,7-8,14H,6H2,1H3. The zero-order chi connectivity index (χ0) is 13.8. The molecule has 0 bridgehead atoms. The summed E-state index contributed by atoms with van der Waals surface area (Å²) in [6.45, 7) is 0.406. The van der Waals surface area contributed by atoms with Gasteiger partial charge in [0.15, 0.2) is 0 Å². The van der Waals surface area contributed by atoms with Crippen molar-refractivity contribution < 1.29 is 4.92 Å². The van der Waals surface area contributed by atoms with Crippen molar-refractivity contribution in [2.24, 2.45) is 7.05 Å². The van der Waals surface area contributed by atoms with E-state index in [9.17, 15) is 10.1 Å². The molecule has 0 saturated carbocycles. The largest absolute Gasteiger partial charge is 0.375 e. The highest BCUT2D eigenvalue weighted by Crippen LogP contribution is 2.28. The molecule has 2 aromatic rings. The first-order valence-electron chi connectivity index (χ1n) is 5.50. The maximum atomic E-state index is 11.0. The van der Waals surface area contributed by atoms with Gasteiger partial charge in [-0.05, 0) is 12.1 Å². The third kappa shape index (κ3) is 2.69. The van der Waals surface area contributed by atoms with E-state index in [1.54, 1.807) is 30.1 Å². The van der Waals surface area contributed by atoms with E-state index in [0.717, 1.165) is 5.56 Å². The minimum atomic E-state index is -0.551. The van der Waals surface area contributed by atoms with Crippen LogP contribution in [0.4, 0.5) is 11.4 Å². The molecule has 0 fully saturated rings. The SMILES string of the molecule is Cn1cc(CNc2cccc(C#N)c2[N+](=O)[O-])cn1. The van der Waals surface area contributed by atoms with Crippen LogP contribution in [-0.4, -0.2) is 14.7 Å². The van der Waals surface area contributed by atoms with Gasteiger partial charge in [-0.3, -0.25) is 14.8 Å². The number of hydrogen-bond acceptors (Lipinski definition) is 5. The van der Waals surface area contributed by atoms with Crippen molar-refractivity contribution >= 4 is 11.4 Å². The first kappa shape index (κ1) is 12.6. The van der Waals surface area contributed by atoms with Crippen molar-refractivity contribution in [1.82, 2.24) is 9.78 Å². The van der Waals surface area contributed by atoms with Gasteiger partial charge in [-0.25, -0.2) is 0 Å². The van der Waals surface area contributed by atoms with E-state index >= 15 is 0 Å². The second-order valence-electron chi connectivity index (χ2n) is 3.95. The first-order chi connectivity index (χ1) is 9.11. The summed E-state index contributed by atoms with van der Waals surface area (Å²) in [7, 11) is 1.79. The minimum Gasteiger partial charge on any atom is -0.375 e. The number of nitrogens with one attached hydrogen (secondary N) is 1. The molecule has 96 valence electrons. The number of rotatable bonds is 4. The second kappa shape index (κ2) is 5.18. The average Bonchev–Trinajstić information content (AvgIpc) is 2.81. The highest BCUT2D eigenvalue weighted by Gasteiger charge is 2.19. The molecule has 1 heterocycles. The van der Waals surface area contributed by atoms with E-state index in [4.69, 9.17) is 5.26 Å². The van der Waals surface area contributed by atoms with E-state index < -0.39 is 4.92 Å². The van der Waals surface area contributed by atoms with Crippen molar-refractivity contribution in [2.75, 3.05) is 5.32 Å². The summed E-state index contributed by atoms with van der Waals surface area (Å²) in [4.78, 5) is 10.5. The van der Waals surface area contributed by atoms with E-state index in [2.05, 4.69) is 10.4 Å². The third-order valence-electron chi connectivity index (χ3n) is 2.58. The van der Waals surface area contributed by atoms with Crippen LogP contribution in [0.2, 0.25) is 0 Å². The van der Waals surface area contributed by atoms with Gasteiger partial charge in [-0.1, -0.05) is 6.07 Å². The zero-order valence-corrected chi connectivity index (χ0v) is 10.2. The fraction of sp³-hybridized carbons (Fsp3) is 0.167. The summed E-state index contributed by atoms with van der Waals surface area (Å²) in [6, 6.07) is 6.43. The number of aryl methyl sites for hydroxylation is 1. The number of benzene rings is 1. The fourth-order valence-electron chi connectivity index (χ4n) is 1.73. The van der Waals surface area contributed by atoms with Crippen molar-refractivity contribution in [2.45, 2.75) is 6.54 Å². The number of nitro groups is 1. The summed E-state index contributed by atoms with van der Waals surface area (Å²) in [5.41, 5.74) is 1.07. The van der Waals surface area contributed by atoms with Gasteiger partial charge < -0.3 is 5.32 Å². The zero-order valence-electron chi connectivity index (χ0n) is 10.2. The van der Waals surface area contributed by atoms with E-state index in [1.165, 1.54) is 6.07 Å². The Bertz CT molecular complexity index is 656. The minimum absolute atomic E-state index is 0.0428. The van der Waals surface area contributed by atoms with Crippen LogP contribution in [0, 0.1) is 21.4 Å². The van der Waals surface area contributed by atoms with E-state index in [-0.39, 0.29) is 11.3 Å². The molecule has 0 aliphatic heterocycles. The predicted octanol–water partition coefficient (Wildman–Crippen LogP) is 1.81. The summed E-state index contributed by atoms with van der Waals surface area (Å²) >= 11 is 0. The van der Waals surface area contributed by atoms with Crippen LogP contribution in [0.25, 0.3) is 0 Å². The first-order valence-corrected chi connectivity index (χ1v) is 5.50. The van der Waals surface area contributed by atoms with Gasteiger partial charge in [0.1, 0.15) is 17.3 Å². The molecule has 0 aliphatic rings. The smallest absolute Gasteiger partial charge is 0.309 e. The van der Waals surface area contributed by atoms with Gasteiger partial charge in [0.25, 0.3) is 0 Å². The molecule has 0 radical (unpaired) electrons. The molecular formula is C12H11N5O2. The Kier molecular flexibility index (Phi) is 3.43. The Balaban J connectivity index is 2.25. The van der Waals surface area contributed by atoms with Crippen LogP contribution in [0.15, 0.2) is 30.6 Å². The number of hydrogen-bond donors (Lipinski definition) is 1. The second-order valence-corrected chi connectivity index (χ2v) is 3.95. The number of para-hydroxylation sites is 1. The van der Waals surface area contributed by atoms with E-state index in [0.29, 0.717) is 12.2 Å². The van der Waals surface area contributed by atoms with Gasteiger partial charge >= 0.3 is 5.69 Å². The molecule has 2 rings (SSSR count). The molecular weight excluding hydrogens is 246 g/mol. The third-order valence-corrected chi connectivity index (χ3v) is 2.58. The topological polar surface area (TPSA) is 96.8 Å². The van der Waals surface area contributed by atoms with Crippen LogP contribution in [0.3, 0.4) is 0 Å². The Hall–Kier alpha value is -2.88. The van der Waals surface area contributed by atoms with Gasteiger partial charge in [-0.15, -0.1) is 0 Å². The number of nitriles is 1. The molecule has 1 aromatic carbocycles. The van der Waals surface area contributed by atoms with Gasteiger partial charge in [0.05, 0.1) is 11.1 Å². The lowest BCUT2D eigenvalue weighted by molar-refractivity contribution is -0.384. The normalized spacial score (nSPS) is 9.89. The van der Waals surface area contributed by atoms with E-state index in [1.807, 2.05) is 12.3 Å². The molecule has 0 unspecified atom stereocenters. The van der Waals surface area contributed by atoms with Crippen LogP contribution >= 0.6 is 0 Å². The van der Waals surface area contributed by atoms with Crippen molar-refractivity contribution in [3.05, 3.63) is 51.8 Å². The lowest BCUT2D eigenvalue weighted by Crippen LogP contribution is -2.03. The molecule has 0 spiro atoms. The Morgan fingerprint density at radius 2 is 2.37 bits per heavy atom. The number of nitro benzene ring substituents is 1. The molecule has 1 aromatic heterocycles. The maximum Gasteiger partial charge on any atom is 0.309 e. The number of anilines is 1. The number of aromatic nitrogens is 2. The highest BCUT2D eigenvalue weighted by molar-refractivity contribution is 5.68. The average molecular weight is 257 g/mol. The Labute approximate surface area is 109 Å². The summed E-state index contributed by atoms with van der Waals surface area (Å²) < 4.78 is 1.65. The maximum absolute atomic E-state index is 11.0. The lowest BCUT2D eigenvalue weighted by Gasteiger charge is -2.06. The number of nitrogens with zero attached hydrogens (tertiary/aromatic N) is 4. The molecule has 0 atom stereocenters. The Morgan fingerprint density at radius 3 is 2.95 bits per heavy atom. The summed E-state index contributed by atoms with van der Waals surface area (Å²) in [5.74, 6) is 0.